The van der Waals surface area contributed by atoms with Crippen LogP contribution in [0.25, 0.3) is 0 Å². The molecule has 1 aliphatic heterocycles. The molecule has 64 valence electrons. The maximum atomic E-state index is 5.75. The van der Waals surface area contributed by atoms with Crippen molar-refractivity contribution in [3.05, 3.63) is 0 Å². The first-order valence-corrected chi connectivity index (χ1v) is 3.09. The van der Waals surface area contributed by atoms with E-state index in [-0.39, 0.29) is 24.8 Å². The summed E-state index contributed by atoms with van der Waals surface area (Å²) in [7, 11) is 0. The third-order valence-corrected chi connectivity index (χ3v) is 1.95. The van der Waals surface area contributed by atoms with Crippen molar-refractivity contribution in [3.63, 3.8) is 0 Å². The number of nitrogens with two attached hydrogens (primary N) is 1. The molecule has 1 heterocycles. The molecule has 0 aromatic carbocycles. The van der Waals surface area contributed by atoms with Crippen molar-refractivity contribution in [1.29, 1.82) is 0 Å². The second-order valence-corrected chi connectivity index (χ2v) is 3.23. The number of rotatable bonds is 0. The highest BCUT2D eigenvalue weighted by molar-refractivity contribution is 5.85. The normalized spacial score (nSPS) is 28.5. The Morgan fingerprint density at radius 3 is 2.00 bits per heavy atom. The van der Waals surface area contributed by atoms with E-state index in [4.69, 9.17) is 5.73 Å². The van der Waals surface area contributed by atoms with Crippen LogP contribution in [0.15, 0.2) is 0 Å². The Morgan fingerprint density at radius 2 is 1.90 bits per heavy atom. The van der Waals surface area contributed by atoms with E-state index in [2.05, 4.69) is 19.2 Å². The van der Waals surface area contributed by atoms with Crippen LogP contribution in [-0.2, 0) is 0 Å². The Morgan fingerprint density at radius 1 is 1.40 bits per heavy atom. The van der Waals surface area contributed by atoms with Crippen molar-refractivity contribution in [2.45, 2.75) is 19.9 Å². The van der Waals surface area contributed by atoms with Crippen LogP contribution in [0.4, 0.5) is 0 Å². The van der Waals surface area contributed by atoms with Gasteiger partial charge in [0.15, 0.2) is 0 Å². The molecule has 1 unspecified atom stereocenters. The van der Waals surface area contributed by atoms with Gasteiger partial charge in [-0.1, -0.05) is 13.8 Å². The number of nitrogens with one attached hydrogen (secondary N) is 1. The molecule has 1 atom stereocenters. The lowest BCUT2D eigenvalue weighted by molar-refractivity contribution is 0.363. The van der Waals surface area contributed by atoms with Crippen LogP contribution in [0.1, 0.15) is 13.8 Å². The fourth-order valence-corrected chi connectivity index (χ4v) is 0.957. The first-order valence-electron chi connectivity index (χ1n) is 3.09. The SMILES string of the molecule is CC1(C)CNCC1N.Cl.Cl. The summed E-state index contributed by atoms with van der Waals surface area (Å²) in [6, 6.07) is 0.350. The van der Waals surface area contributed by atoms with Crippen molar-refractivity contribution >= 4 is 24.8 Å². The average molecular weight is 187 g/mol. The Hall–Kier alpha value is 0.500. The molecule has 1 saturated heterocycles. The van der Waals surface area contributed by atoms with Gasteiger partial charge in [-0.3, -0.25) is 0 Å². The van der Waals surface area contributed by atoms with Crippen molar-refractivity contribution in [3.8, 4) is 0 Å². The zero-order valence-electron chi connectivity index (χ0n) is 6.39. The summed E-state index contributed by atoms with van der Waals surface area (Å²) in [6.45, 7) is 6.43. The van der Waals surface area contributed by atoms with Gasteiger partial charge in [0.05, 0.1) is 0 Å². The quantitative estimate of drug-likeness (QED) is 0.588. The molecule has 0 aromatic rings. The first kappa shape index (κ1) is 13.1. The second-order valence-electron chi connectivity index (χ2n) is 3.23. The Balaban J connectivity index is 0. The molecule has 1 aliphatic rings. The predicted molar refractivity (Wildman–Crippen MR) is 49.1 cm³/mol. The van der Waals surface area contributed by atoms with Gasteiger partial charge >= 0.3 is 0 Å². The van der Waals surface area contributed by atoms with Crippen LogP contribution in [0.5, 0.6) is 0 Å². The number of hydrogen-bond acceptors (Lipinski definition) is 2. The van der Waals surface area contributed by atoms with E-state index < -0.39 is 0 Å². The highest BCUT2D eigenvalue weighted by Gasteiger charge is 2.30. The van der Waals surface area contributed by atoms with Crippen LogP contribution in [-0.4, -0.2) is 19.1 Å². The van der Waals surface area contributed by atoms with Gasteiger partial charge in [0, 0.05) is 19.1 Å². The monoisotopic (exact) mass is 186 g/mol. The molecule has 0 spiro atoms. The molecule has 0 aliphatic carbocycles. The van der Waals surface area contributed by atoms with E-state index in [0.29, 0.717) is 11.5 Å². The molecular weight excluding hydrogens is 171 g/mol. The van der Waals surface area contributed by atoms with Crippen molar-refractivity contribution in [2.75, 3.05) is 13.1 Å². The van der Waals surface area contributed by atoms with Crippen molar-refractivity contribution < 1.29 is 0 Å². The highest BCUT2D eigenvalue weighted by Crippen LogP contribution is 2.21. The molecule has 0 saturated carbocycles. The summed E-state index contributed by atoms with van der Waals surface area (Å²) >= 11 is 0. The summed E-state index contributed by atoms with van der Waals surface area (Å²) in [5.41, 5.74) is 6.07. The third-order valence-electron chi connectivity index (χ3n) is 1.95. The van der Waals surface area contributed by atoms with Gasteiger partial charge in [0.2, 0.25) is 0 Å². The zero-order chi connectivity index (χ0) is 6.20. The minimum Gasteiger partial charge on any atom is -0.326 e. The van der Waals surface area contributed by atoms with Gasteiger partial charge in [0.1, 0.15) is 0 Å². The van der Waals surface area contributed by atoms with Crippen molar-refractivity contribution in [1.82, 2.24) is 5.32 Å². The van der Waals surface area contributed by atoms with E-state index in [9.17, 15) is 0 Å². The molecule has 4 heteroatoms. The standard InChI is InChI=1S/C6H14N2.2ClH/c1-6(2)4-8-3-5(6)7;;/h5,8H,3-4,7H2,1-2H3;2*1H. The molecule has 3 N–H and O–H groups in total. The van der Waals surface area contributed by atoms with Crippen LogP contribution in [0, 0.1) is 5.41 Å². The van der Waals surface area contributed by atoms with Gasteiger partial charge in [-0.05, 0) is 5.41 Å². The maximum absolute atomic E-state index is 5.75. The number of halogens is 2. The van der Waals surface area contributed by atoms with Gasteiger partial charge in [-0.15, -0.1) is 24.8 Å². The summed E-state index contributed by atoms with van der Waals surface area (Å²) in [5.74, 6) is 0. The molecule has 0 radical (unpaired) electrons. The van der Waals surface area contributed by atoms with Crippen LogP contribution >= 0.6 is 24.8 Å². The Labute approximate surface area is 74.8 Å². The molecule has 1 fully saturated rings. The van der Waals surface area contributed by atoms with Crippen molar-refractivity contribution in [2.24, 2.45) is 11.1 Å². The second kappa shape index (κ2) is 4.39. The minimum absolute atomic E-state index is 0. The largest absolute Gasteiger partial charge is 0.326 e. The smallest absolute Gasteiger partial charge is 0.0229 e. The van der Waals surface area contributed by atoms with E-state index in [1.807, 2.05) is 0 Å². The highest BCUT2D eigenvalue weighted by atomic mass is 35.5. The molecule has 1 rings (SSSR count). The predicted octanol–water partition coefficient (Wildman–Crippen LogP) is 0.787. The molecule has 0 aromatic heterocycles. The minimum atomic E-state index is 0. The summed E-state index contributed by atoms with van der Waals surface area (Å²) in [4.78, 5) is 0. The lowest BCUT2D eigenvalue weighted by atomic mass is 9.89. The van der Waals surface area contributed by atoms with E-state index in [1.165, 1.54) is 0 Å². The van der Waals surface area contributed by atoms with Crippen LogP contribution < -0.4 is 11.1 Å². The average Bonchev–Trinajstić information content (AvgIpc) is 1.86. The summed E-state index contributed by atoms with van der Waals surface area (Å²) in [5, 5.41) is 3.24. The zero-order valence-corrected chi connectivity index (χ0v) is 8.02. The Kier molecular flexibility index (Phi) is 5.76. The lowest BCUT2D eigenvalue weighted by Crippen LogP contribution is -2.35. The fraction of sp³-hybridized carbons (Fsp3) is 1.00. The summed E-state index contributed by atoms with van der Waals surface area (Å²) < 4.78 is 0. The van der Waals surface area contributed by atoms with Crippen LogP contribution in [0.3, 0.4) is 0 Å². The van der Waals surface area contributed by atoms with E-state index in [1.54, 1.807) is 0 Å². The lowest BCUT2D eigenvalue weighted by Gasteiger charge is -2.20. The molecule has 2 nitrogen and oxygen atoms in total. The summed E-state index contributed by atoms with van der Waals surface area (Å²) in [6.07, 6.45) is 0. The Bertz CT molecular complexity index is 95.7. The van der Waals surface area contributed by atoms with E-state index in [0.717, 1.165) is 13.1 Å². The fourth-order valence-electron chi connectivity index (χ4n) is 0.957. The van der Waals surface area contributed by atoms with Gasteiger partial charge in [-0.25, -0.2) is 0 Å². The first-order chi connectivity index (χ1) is 3.63. The molecule has 10 heavy (non-hydrogen) atoms. The number of hydrogen-bond donors (Lipinski definition) is 2. The van der Waals surface area contributed by atoms with Gasteiger partial charge in [0.25, 0.3) is 0 Å². The topological polar surface area (TPSA) is 38.0 Å². The van der Waals surface area contributed by atoms with E-state index >= 15 is 0 Å². The van der Waals surface area contributed by atoms with Gasteiger partial charge < -0.3 is 11.1 Å². The van der Waals surface area contributed by atoms with Crippen LogP contribution in [0.2, 0.25) is 0 Å². The molecular formula is C6H16Cl2N2. The molecule has 0 amide bonds. The third kappa shape index (κ3) is 2.62. The molecule has 0 bridgehead atoms. The van der Waals surface area contributed by atoms with Gasteiger partial charge in [-0.2, -0.15) is 0 Å². The maximum Gasteiger partial charge on any atom is 0.0229 e.